The molecule has 0 aliphatic rings. The van der Waals surface area contributed by atoms with Gasteiger partial charge < -0.3 is 15.4 Å². The van der Waals surface area contributed by atoms with Gasteiger partial charge in [0.15, 0.2) is 0 Å². The Morgan fingerprint density at radius 3 is 2.53 bits per heavy atom. The number of nitrogens with zero attached hydrogens (tertiary/aromatic N) is 1. The van der Waals surface area contributed by atoms with Crippen LogP contribution in [0, 0.1) is 6.92 Å². The minimum atomic E-state index is -0.503. The van der Waals surface area contributed by atoms with E-state index in [1.165, 1.54) is 7.11 Å². The molecule has 0 saturated heterocycles. The Morgan fingerprint density at radius 1 is 1.09 bits per heavy atom. The summed E-state index contributed by atoms with van der Waals surface area (Å²) in [7, 11) is 1.26. The van der Waals surface area contributed by atoms with E-state index in [0.29, 0.717) is 17.0 Å². The van der Waals surface area contributed by atoms with Gasteiger partial charge in [-0.25, -0.2) is 4.98 Å². The summed E-state index contributed by atoms with van der Waals surface area (Å²) in [5.74, 6) is -0.294. The summed E-state index contributed by atoms with van der Waals surface area (Å²) in [6, 6.07) is 14.5. The summed E-state index contributed by atoms with van der Waals surface area (Å²) >= 11 is 3.19. The van der Waals surface area contributed by atoms with E-state index >= 15 is 0 Å². The third-order valence-electron chi connectivity index (χ3n) is 4.41. The van der Waals surface area contributed by atoms with E-state index in [1.54, 1.807) is 53.4 Å². The lowest BCUT2D eigenvalue weighted by Gasteiger charge is -2.10. The molecule has 0 aliphatic heterocycles. The number of nitrogens with one attached hydrogen (secondary N) is 2. The fourth-order valence-electron chi connectivity index (χ4n) is 2.80. The van der Waals surface area contributed by atoms with Crippen LogP contribution < -0.4 is 10.6 Å². The van der Waals surface area contributed by atoms with Crippen molar-refractivity contribution >= 4 is 46.6 Å². The number of hydrogen-bond donors (Lipinski definition) is 2. The first-order chi connectivity index (χ1) is 15.4. The van der Waals surface area contributed by atoms with Gasteiger partial charge in [-0.2, -0.15) is 0 Å². The summed E-state index contributed by atoms with van der Waals surface area (Å²) in [4.78, 5) is 41.2. The molecule has 0 spiro atoms. The van der Waals surface area contributed by atoms with E-state index in [2.05, 4.69) is 20.4 Å². The van der Waals surface area contributed by atoms with Gasteiger partial charge >= 0.3 is 5.97 Å². The molecule has 0 bridgehead atoms. The van der Waals surface area contributed by atoms with Gasteiger partial charge in [0.2, 0.25) is 5.91 Å². The van der Waals surface area contributed by atoms with Crippen molar-refractivity contribution in [2.75, 3.05) is 19.0 Å². The van der Waals surface area contributed by atoms with Crippen LogP contribution in [0.1, 0.15) is 26.6 Å². The van der Waals surface area contributed by atoms with Gasteiger partial charge in [-0.15, -0.1) is 23.1 Å². The molecule has 0 radical (unpaired) electrons. The number of hydrogen-bond acceptors (Lipinski definition) is 7. The normalized spacial score (nSPS) is 10.4. The van der Waals surface area contributed by atoms with Crippen LogP contribution in [0.25, 0.3) is 0 Å². The van der Waals surface area contributed by atoms with Crippen LogP contribution in [0.15, 0.2) is 58.8 Å². The average molecular weight is 470 g/mol. The fourth-order valence-corrected chi connectivity index (χ4v) is 4.46. The third-order valence-corrected chi connectivity index (χ3v) is 6.34. The topological polar surface area (TPSA) is 97.4 Å². The zero-order chi connectivity index (χ0) is 22.9. The zero-order valence-electron chi connectivity index (χ0n) is 17.7. The van der Waals surface area contributed by atoms with Gasteiger partial charge in [-0.3, -0.25) is 14.4 Å². The van der Waals surface area contributed by atoms with E-state index in [4.69, 9.17) is 0 Å². The number of anilines is 1. The molecule has 9 heteroatoms. The number of amides is 2. The van der Waals surface area contributed by atoms with Crippen molar-refractivity contribution in [1.82, 2.24) is 10.3 Å². The van der Waals surface area contributed by atoms with Crippen LogP contribution in [0.4, 0.5) is 5.69 Å². The third kappa shape index (κ3) is 6.93. The monoisotopic (exact) mass is 469 g/mol. The standard InChI is InChI=1S/C23H23N3O4S2/c1-15-25-18(13-31-15)14-32-20-6-4-3-5-19(20)23(29)26-17-9-7-16(8-10-17)11-21(27)24-12-22(28)30-2/h3-10,13H,11-12,14H2,1-2H3,(H,24,27)(H,26,29). The van der Waals surface area contributed by atoms with Gasteiger partial charge in [-0.05, 0) is 36.8 Å². The highest BCUT2D eigenvalue weighted by atomic mass is 32.2. The van der Waals surface area contributed by atoms with E-state index in [9.17, 15) is 14.4 Å². The summed E-state index contributed by atoms with van der Waals surface area (Å²) in [5.41, 5.74) is 2.98. The quantitative estimate of drug-likeness (QED) is 0.365. The molecule has 0 saturated carbocycles. The predicted octanol–water partition coefficient (Wildman–Crippen LogP) is 3.83. The number of aromatic nitrogens is 1. The van der Waals surface area contributed by atoms with Crippen molar-refractivity contribution in [3.05, 3.63) is 75.7 Å². The number of rotatable bonds is 9. The van der Waals surface area contributed by atoms with Gasteiger partial charge in [0, 0.05) is 21.7 Å². The van der Waals surface area contributed by atoms with E-state index in [-0.39, 0.29) is 24.8 Å². The van der Waals surface area contributed by atoms with Gasteiger partial charge in [0.1, 0.15) is 6.54 Å². The lowest BCUT2D eigenvalue weighted by Crippen LogP contribution is -2.31. The zero-order valence-corrected chi connectivity index (χ0v) is 19.3. The molecule has 2 amide bonds. The van der Waals surface area contributed by atoms with Crippen molar-refractivity contribution < 1.29 is 19.1 Å². The molecule has 3 rings (SSSR count). The van der Waals surface area contributed by atoms with Crippen LogP contribution in [0.5, 0.6) is 0 Å². The molecule has 1 heterocycles. The fraction of sp³-hybridized carbons (Fsp3) is 0.217. The van der Waals surface area contributed by atoms with Crippen molar-refractivity contribution in [2.24, 2.45) is 0 Å². The SMILES string of the molecule is COC(=O)CNC(=O)Cc1ccc(NC(=O)c2ccccc2SCc2csc(C)n2)cc1. The number of carbonyl (C=O) groups excluding carboxylic acids is 3. The van der Waals surface area contributed by atoms with Crippen LogP contribution in [-0.2, 0) is 26.5 Å². The Hall–Kier alpha value is -3.17. The number of ether oxygens (including phenoxy) is 1. The van der Waals surface area contributed by atoms with Crippen LogP contribution >= 0.6 is 23.1 Å². The van der Waals surface area contributed by atoms with E-state index in [1.807, 2.05) is 30.5 Å². The first-order valence-electron chi connectivity index (χ1n) is 9.81. The van der Waals surface area contributed by atoms with Crippen molar-refractivity contribution in [2.45, 2.75) is 24.0 Å². The molecule has 7 nitrogen and oxygen atoms in total. The maximum atomic E-state index is 12.8. The first-order valence-corrected chi connectivity index (χ1v) is 11.7. The maximum absolute atomic E-state index is 12.8. The molecule has 1 aromatic heterocycles. The summed E-state index contributed by atoms with van der Waals surface area (Å²) in [6.07, 6.45) is 0.126. The Kier molecular flexibility index (Phi) is 8.41. The molecule has 166 valence electrons. The number of thioether (sulfide) groups is 1. The molecule has 0 fully saturated rings. The average Bonchev–Trinajstić information content (AvgIpc) is 3.22. The minimum Gasteiger partial charge on any atom is -0.468 e. The predicted molar refractivity (Wildman–Crippen MR) is 126 cm³/mol. The molecule has 32 heavy (non-hydrogen) atoms. The maximum Gasteiger partial charge on any atom is 0.325 e. The number of aryl methyl sites for hydroxylation is 1. The molecule has 2 N–H and O–H groups in total. The highest BCUT2D eigenvalue weighted by Gasteiger charge is 2.13. The second kappa shape index (κ2) is 11.4. The van der Waals surface area contributed by atoms with Gasteiger partial charge in [0.05, 0.1) is 29.8 Å². The molecule has 3 aromatic rings. The highest BCUT2D eigenvalue weighted by Crippen LogP contribution is 2.27. The smallest absolute Gasteiger partial charge is 0.325 e. The highest BCUT2D eigenvalue weighted by molar-refractivity contribution is 7.98. The van der Waals surface area contributed by atoms with Crippen LogP contribution in [-0.4, -0.2) is 36.4 Å². The second-order valence-corrected chi connectivity index (χ2v) is 8.90. The van der Waals surface area contributed by atoms with Crippen LogP contribution in [0.2, 0.25) is 0 Å². The van der Waals surface area contributed by atoms with Gasteiger partial charge in [0.25, 0.3) is 5.91 Å². The Bertz CT molecular complexity index is 1100. The summed E-state index contributed by atoms with van der Waals surface area (Å²) in [6.45, 7) is 1.81. The first kappa shape index (κ1) is 23.5. The van der Waals surface area contributed by atoms with Crippen molar-refractivity contribution in [3.8, 4) is 0 Å². The number of benzene rings is 2. The van der Waals surface area contributed by atoms with Gasteiger partial charge in [-0.1, -0.05) is 24.3 Å². The van der Waals surface area contributed by atoms with E-state index < -0.39 is 5.97 Å². The molecule has 0 aliphatic carbocycles. The summed E-state index contributed by atoms with van der Waals surface area (Å²) < 4.78 is 4.49. The Morgan fingerprint density at radius 2 is 1.84 bits per heavy atom. The van der Waals surface area contributed by atoms with Crippen molar-refractivity contribution in [1.29, 1.82) is 0 Å². The molecule has 0 atom stereocenters. The molecular weight excluding hydrogens is 446 g/mol. The largest absolute Gasteiger partial charge is 0.468 e. The lowest BCUT2D eigenvalue weighted by atomic mass is 10.1. The second-order valence-electron chi connectivity index (χ2n) is 6.82. The molecule has 2 aromatic carbocycles. The van der Waals surface area contributed by atoms with E-state index in [0.717, 1.165) is 21.2 Å². The Balaban J connectivity index is 1.57. The number of methoxy groups -OCH3 is 1. The number of thiazole rings is 1. The van der Waals surface area contributed by atoms with Crippen LogP contribution in [0.3, 0.4) is 0 Å². The number of carbonyl (C=O) groups is 3. The summed E-state index contributed by atoms with van der Waals surface area (Å²) in [5, 5.41) is 8.45. The minimum absolute atomic E-state index is 0.126. The molecule has 0 unspecified atom stereocenters. The van der Waals surface area contributed by atoms with Crippen molar-refractivity contribution in [3.63, 3.8) is 0 Å². The Labute approximate surface area is 194 Å². The molecular formula is C23H23N3O4S2. The number of esters is 1. The lowest BCUT2D eigenvalue weighted by molar-refractivity contribution is -0.141.